The van der Waals surface area contributed by atoms with Gasteiger partial charge in [0.15, 0.2) is 0 Å². The lowest BCUT2D eigenvalue weighted by Gasteiger charge is -2.10. The second kappa shape index (κ2) is 8.49. The molecule has 0 saturated carbocycles. The van der Waals surface area contributed by atoms with Gasteiger partial charge in [0, 0.05) is 29.1 Å². The van der Waals surface area contributed by atoms with Gasteiger partial charge in [-0.3, -0.25) is 4.57 Å². The minimum absolute atomic E-state index is 0.0505. The lowest BCUT2D eigenvalue weighted by molar-refractivity contribution is 0.442. The fourth-order valence-electron chi connectivity index (χ4n) is 4.32. The third-order valence-corrected chi connectivity index (χ3v) is 5.77. The van der Waals surface area contributed by atoms with E-state index >= 15 is 4.39 Å². The van der Waals surface area contributed by atoms with Crippen molar-refractivity contribution < 1.29 is 22.3 Å². The predicted molar refractivity (Wildman–Crippen MR) is 128 cm³/mol. The number of fused-ring (bicyclic) bond motifs is 3. The number of nitrogens with zero attached hydrogens (tertiary/aromatic N) is 3. The highest BCUT2D eigenvalue weighted by Gasteiger charge is 2.19. The second-order valence-corrected chi connectivity index (χ2v) is 8.11. The first-order valence-electron chi connectivity index (χ1n) is 10.9. The van der Waals surface area contributed by atoms with Crippen LogP contribution in [0.5, 0.6) is 11.6 Å². The number of hydrogen-bond acceptors (Lipinski definition) is 3. The topological polar surface area (TPSA) is 39.9 Å². The first-order chi connectivity index (χ1) is 17.5. The van der Waals surface area contributed by atoms with Gasteiger partial charge < -0.3 is 4.74 Å². The third kappa shape index (κ3) is 3.82. The van der Waals surface area contributed by atoms with Crippen molar-refractivity contribution in [1.29, 1.82) is 0 Å². The van der Waals surface area contributed by atoms with Crippen LogP contribution < -0.4 is 4.74 Å². The normalized spacial score (nSPS) is 11.3. The summed E-state index contributed by atoms with van der Waals surface area (Å²) in [4.78, 5) is 8.01. The Kier molecular flexibility index (Phi) is 5.14. The van der Waals surface area contributed by atoms with Gasteiger partial charge in [-0.25, -0.2) is 18.2 Å². The molecule has 0 aliphatic rings. The van der Waals surface area contributed by atoms with Crippen LogP contribution in [-0.2, 0) is 0 Å². The van der Waals surface area contributed by atoms with Crippen LogP contribution in [-0.4, -0.2) is 14.5 Å². The van der Waals surface area contributed by atoms with E-state index in [9.17, 15) is 13.2 Å². The van der Waals surface area contributed by atoms with Gasteiger partial charge in [0.25, 0.3) is 0 Å². The molecule has 6 aromatic rings. The summed E-state index contributed by atoms with van der Waals surface area (Å²) in [6.07, 6.45) is 1.60. The van der Waals surface area contributed by atoms with Crippen molar-refractivity contribution >= 4 is 21.8 Å². The van der Waals surface area contributed by atoms with Gasteiger partial charge in [0.05, 0.1) is 11.0 Å². The summed E-state index contributed by atoms with van der Waals surface area (Å²) in [6, 6.07) is 20.3. The molecule has 0 fully saturated rings. The van der Waals surface area contributed by atoms with Crippen LogP contribution >= 0.6 is 0 Å². The van der Waals surface area contributed by atoms with Crippen LogP contribution in [0, 0.1) is 23.4 Å². The lowest BCUT2D eigenvalue weighted by atomic mass is 10.0. The zero-order chi connectivity index (χ0) is 24.8. The van der Waals surface area contributed by atoms with Crippen molar-refractivity contribution in [3.05, 3.63) is 115 Å². The van der Waals surface area contributed by atoms with Crippen LogP contribution in [0.15, 0.2) is 91.1 Å². The van der Waals surface area contributed by atoms with E-state index < -0.39 is 23.4 Å². The zero-order valence-electron chi connectivity index (χ0n) is 18.4. The molecule has 0 unspecified atom stereocenters. The Hall–Kier alpha value is -4.72. The SMILES string of the molecule is Fc1cc(Oc2cccc(F)n2)cc(-c2cc(F)c3c4cc(F)ccc4n(-c4ccccn4)c3c2)c1. The summed E-state index contributed by atoms with van der Waals surface area (Å²) in [5.74, 6) is -1.94. The number of hydrogen-bond donors (Lipinski definition) is 0. The summed E-state index contributed by atoms with van der Waals surface area (Å²) >= 11 is 0. The van der Waals surface area contributed by atoms with Crippen LogP contribution in [0.4, 0.5) is 17.6 Å². The molecule has 36 heavy (non-hydrogen) atoms. The van der Waals surface area contributed by atoms with Gasteiger partial charge in [-0.15, -0.1) is 0 Å². The van der Waals surface area contributed by atoms with E-state index in [2.05, 4.69) is 9.97 Å². The zero-order valence-corrected chi connectivity index (χ0v) is 18.4. The van der Waals surface area contributed by atoms with E-state index in [-0.39, 0.29) is 17.0 Å². The molecule has 0 bridgehead atoms. The number of pyridine rings is 2. The molecule has 0 saturated heterocycles. The van der Waals surface area contributed by atoms with Gasteiger partial charge in [0.2, 0.25) is 11.8 Å². The largest absolute Gasteiger partial charge is 0.439 e. The van der Waals surface area contributed by atoms with E-state index in [0.29, 0.717) is 33.4 Å². The Morgan fingerprint density at radius 3 is 2.36 bits per heavy atom. The maximum Gasteiger partial charge on any atom is 0.221 e. The number of halogens is 4. The molecule has 0 spiro atoms. The third-order valence-electron chi connectivity index (χ3n) is 5.77. The standard InChI is InChI=1S/C28H15F4N3O/c29-18-7-8-23-21(15-18)28-22(31)12-17(13-24(28)35(23)26-5-1-2-9-33-26)16-10-19(30)14-20(11-16)36-27-6-3-4-25(32)34-27/h1-15H. The Morgan fingerprint density at radius 2 is 1.56 bits per heavy atom. The maximum atomic E-state index is 15.6. The summed E-state index contributed by atoms with van der Waals surface area (Å²) in [5.41, 5.74) is 1.69. The average molecular weight is 485 g/mol. The Balaban J connectivity index is 1.56. The fraction of sp³-hybridized carbons (Fsp3) is 0. The number of rotatable bonds is 4. The first-order valence-corrected chi connectivity index (χ1v) is 10.9. The molecule has 3 heterocycles. The first kappa shape index (κ1) is 21.8. The smallest absolute Gasteiger partial charge is 0.221 e. The lowest BCUT2D eigenvalue weighted by Crippen LogP contribution is -1.97. The van der Waals surface area contributed by atoms with Gasteiger partial charge in [-0.1, -0.05) is 12.1 Å². The van der Waals surface area contributed by atoms with E-state index in [0.717, 1.165) is 12.1 Å². The molecule has 8 heteroatoms. The quantitative estimate of drug-likeness (QED) is 0.191. The Morgan fingerprint density at radius 1 is 0.694 bits per heavy atom. The molecule has 0 aliphatic heterocycles. The molecular weight excluding hydrogens is 470 g/mol. The summed E-state index contributed by atoms with van der Waals surface area (Å²) in [7, 11) is 0. The predicted octanol–water partition coefficient (Wildman–Crippen LogP) is 7.59. The van der Waals surface area contributed by atoms with Gasteiger partial charge in [-0.05, 0) is 71.8 Å². The van der Waals surface area contributed by atoms with Crippen LogP contribution in [0.25, 0.3) is 38.8 Å². The van der Waals surface area contributed by atoms with Crippen molar-refractivity contribution in [3.63, 3.8) is 0 Å². The highest BCUT2D eigenvalue weighted by Crippen LogP contribution is 2.37. The van der Waals surface area contributed by atoms with E-state index in [1.165, 1.54) is 42.5 Å². The number of ether oxygens (including phenoxy) is 1. The van der Waals surface area contributed by atoms with Crippen LogP contribution in [0.2, 0.25) is 0 Å². The second-order valence-electron chi connectivity index (χ2n) is 8.11. The van der Waals surface area contributed by atoms with E-state index in [1.807, 2.05) is 0 Å². The number of benzene rings is 3. The molecule has 176 valence electrons. The minimum Gasteiger partial charge on any atom is -0.439 e. The molecule has 0 radical (unpaired) electrons. The van der Waals surface area contributed by atoms with Crippen LogP contribution in [0.1, 0.15) is 0 Å². The summed E-state index contributed by atoms with van der Waals surface area (Å²) < 4.78 is 64.9. The van der Waals surface area contributed by atoms with Gasteiger partial charge >= 0.3 is 0 Å². The molecule has 4 nitrogen and oxygen atoms in total. The van der Waals surface area contributed by atoms with Crippen molar-refractivity contribution in [1.82, 2.24) is 14.5 Å². The Labute approximate surface area is 202 Å². The summed E-state index contributed by atoms with van der Waals surface area (Å²) in [5, 5.41) is 0.607. The molecule has 6 rings (SSSR count). The number of aromatic nitrogens is 3. The van der Waals surface area contributed by atoms with Crippen LogP contribution in [0.3, 0.4) is 0 Å². The van der Waals surface area contributed by atoms with Crippen molar-refractivity contribution in [3.8, 4) is 28.6 Å². The van der Waals surface area contributed by atoms with Gasteiger partial charge in [0.1, 0.15) is 29.0 Å². The molecule has 0 atom stereocenters. The van der Waals surface area contributed by atoms with Crippen molar-refractivity contribution in [2.75, 3.05) is 0 Å². The minimum atomic E-state index is -0.740. The molecule has 3 aromatic carbocycles. The molecule has 0 N–H and O–H groups in total. The fourth-order valence-corrected chi connectivity index (χ4v) is 4.32. The highest BCUT2D eigenvalue weighted by atomic mass is 19.1. The van der Waals surface area contributed by atoms with Crippen molar-refractivity contribution in [2.24, 2.45) is 0 Å². The van der Waals surface area contributed by atoms with Crippen molar-refractivity contribution in [2.45, 2.75) is 0 Å². The van der Waals surface area contributed by atoms with E-state index in [1.54, 1.807) is 41.1 Å². The maximum absolute atomic E-state index is 15.6. The molecule has 0 aliphatic carbocycles. The molecule has 3 aromatic heterocycles. The molecule has 0 amide bonds. The highest BCUT2D eigenvalue weighted by molar-refractivity contribution is 6.10. The van der Waals surface area contributed by atoms with Gasteiger partial charge in [-0.2, -0.15) is 9.37 Å². The molecular formula is C28H15F4N3O. The average Bonchev–Trinajstić information content (AvgIpc) is 3.18. The monoisotopic (exact) mass is 485 g/mol. The van der Waals surface area contributed by atoms with E-state index in [4.69, 9.17) is 4.74 Å². The Bertz CT molecular complexity index is 1770. The summed E-state index contributed by atoms with van der Waals surface area (Å²) in [6.45, 7) is 0.